The largest absolute Gasteiger partial charge is 0.497 e. The predicted octanol–water partition coefficient (Wildman–Crippen LogP) is 0.482. The van der Waals surface area contributed by atoms with Gasteiger partial charge in [0.2, 0.25) is 0 Å². The molecule has 0 aliphatic carbocycles. The monoisotopic (exact) mass is 337 g/mol. The van der Waals surface area contributed by atoms with Gasteiger partial charge in [-0.25, -0.2) is 13.4 Å². The number of nitrogens with zero attached hydrogens (tertiary/aromatic N) is 3. The van der Waals surface area contributed by atoms with E-state index in [9.17, 15) is 13.2 Å². The average Bonchev–Trinajstić information content (AvgIpc) is 2.90. The molecule has 0 N–H and O–H groups in total. The summed E-state index contributed by atoms with van der Waals surface area (Å²) in [6.45, 7) is 0.313. The fraction of sp³-hybridized carbons (Fsp3) is 0.467. The van der Waals surface area contributed by atoms with Crippen molar-refractivity contribution in [1.29, 1.82) is 0 Å². The molecule has 8 heteroatoms. The van der Waals surface area contributed by atoms with Crippen LogP contribution in [0.4, 0.5) is 0 Å². The van der Waals surface area contributed by atoms with Crippen molar-refractivity contribution in [2.24, 2.45) is 0 Å². The molecular weight excluding hydrogens is 318 g/mol. The quantitative estimate of drug-likeness (QED) is 0.807. The molecule has 0 radical (unpaired) electrons. The van der Waals surface area contributed by atoms with E-state index in [0.717, 1.165) is 0 Å². The highest BCUT2D eigenvalue weighted by molar-refractivity contribution is 7.91. The average molecular weight is 337 g/mol. The first kappa shape index (κ1) is 15.9. The van der Waals surface area contributed by atoms with Crippen LogP contribution in [0.3, 0.4) is 0 Å². The van der Waals surface area contributed by atoms with Gasteiger partial charge in [-0.1, -0.05) is 0 Å². The van der Waals surface area contributed by atoms with E-state index < -0.39 is 9.84 Å². The molecule has 3 rings (SSSR count). The van der Waals surface area contributed by atoms with E-state index >= 15 is 0 Å². The molecule has 1 fully saturated rings. The van der Waals surface area contributed by atoms with E-state index in [1.807, 2.05) is 11.9 Å². The van der Waals surface area contributed by atoms with E-state index in [0.29, 0.717) is 29.7 Å². The first-order chi connectivity index (χ1) is 10.9. The number of hydrogen-bond acceptors (Lipinski definition) is 6. The molecule has 1 aliphatic heterocycles. The van der Waals surface area contributed by atoms with Crippen molar-refractivity contribution in [3.05, 3.63) is 34.9 Å². The van der Waals surface area contributed by atoms with Crippen LogP contribution in [0.2, 0.25) is 0 Å². The highest BCUT2D eigenvalue weighted by Crippen LogP contribution is 2.18. The molecule has 1 atom stereocenters. The number of ether oxygens (including phenoxy) is 1. The van der Waals surface area contributed by atoms with Gasteiger partial charge in [-0.2, -0.15) is 0 Å². The Balaban J connectivity index is 1.86. The number of fused-ring (bicyclic) bond motifs is 1. The molecule has 1 aliphatic rings. The number of hydrogen-bond donors (Lipinski definition) is 0. The molecule has 1 aromatic heterocycles. The van der Waals surface area contributed by atoms with Gasteiger partial charge in [0.15, 0.2) is 9.84 Å². The summed E-state index contributed by atoms with van der Waals surface area (Å²) in [6.07, 6.45) is 2.09. The summed E-state index contributed by atoms with van der Waals surface area (Å²) in [5.41, 5.74) is 0.432. The van der Waals surface area contributed by atoms with Crippen LogP contribution < -0.4 is 10.3 Å². The highest BCUT2D eigenvalue weighted by atomic mass is 32.2. The number of methoxy groups -OCH3 is 1. The van der Waals surface area contributed by atoms with Crippen LogP contribution in [-0.4, -0.2) is 54.6 Å². The maximum absolute atomic E-state index is 12.5. The summed E-state index contributed by atoms with van der Waals surface area (Å²) in [5.74, 6) is 1.01. The van der Waals surface area contributed by atoms with Gasteiger partial charge in [-0.3, -0.25) is 14.3 Å². The summed E-state index contributed by atoms with van der Waals surface area (Å²) < 4.78 is 29.8. The van der Waals surface area contributed by atoms with Crippen molar-refractivity contribution < 1.29 is 13.2 Å². The minimum absolute atomic E-state index is 0.0570. The first-order valence-corrected chi connectivity index (χ1v) is 9.15. The van der Waals surface area contributed by atoms with Gasteiger partial charge >= 0.3 is 0 Å². The Labute approximate surface area is 134 Å². The smallest absolute Gasteiger partial charge is 0.262 e. The molecule has 7 nitrogen and oxygen atoms in total. The Kier molecular flexibility index (Phi) is 4.11. The number of sulfone groups is 1. The van der Waals surface area contributed by atoms with E-state index in [-0.39, 0.29) is 23.1 Å². The second kappa shape index (κ2) is 5.93. The normalized spacial score (nSPS) is 20.2. The molecule has 0 spiro atoms. The molecule has 124 valence electrons. The lowest BCUT2D eigenvalue weighted by Gasteiger charge is -2.23. The highest BCUT2D eigenvalue weighted by Gasteiger charge is 2.30. The van der Waals surface area contributed by atoms with Crippen LogP contribution in [0.25, 0.3) is 10.9 Å². The van der Waals surface area contributed by atoms with Crippen LogP contribution >= 0.6 is 0 Å². The molecule has 0 amide bonds. The Bertz CT molecular complexity index is 891. The van der Waals surface area contributed by atoms with E-state index in [4.69, 9.17) is 4.74 Å². The van der Waals surface area contributed by atoms with Crippen LogP contribution in [0, 0.1) is 0 Å². The number of benzene rings is 1. The first-order valence-electron chi connectivity index (χ1n) is 7.33. The van der Waals surface area contributed by atoms with Gasteiger partial charge in [-0.15, -0.1) is 0 Å². The van der Waals surface area contributed by atoms with Gasteiger partial charge in [0, 0.05) is 12.1 Å². The molecule has 1 aromatic carbocycles. The van der Waals surface area contributed by atoms with E-state index in [1.165, 1.54) is 10.9 Å². The summed E-state index contributed by atoms with van der Waals surface area (Å²) >= 11 is 0. The molecule has 0 saturated carbocycles. The minimum atomic E-state index is -2.94. The Morgan fingerprint density at radius 3 is 2.87 bits per heavy atom. The maximum Gasteiger partial charge on any atom is 0.262 e. The SMILES string of the molecule is COc1ccc2c(=O)n(CN(C)C3CCS(=O)(=O)C3)cnc2c1. The topological polar surface area (TPSA) is 81.5 Å². The van der Waals surface area contributed by atoms with Crippen molar-refractivity contribution in [3.8, 4) is 5.75 Å². The molecule has 0 bridgehead atoms. The van der Waals surface area contributed by atoms with Crippen molar-refractivity contribution in [2.75, 3.05) is 25.7 Å². The van der Waals surface area contributed by atoms with Gasteiger partial charge < -0.3 is 4.74 Å². The molecule has 2 heterocycles. The molecule has 1 unspecified atom stereocenters. The zero-order chi connectivity index (χ0) is 16.6. The van der Waals surface area contributed by atoms with Crippen LogP contribution in [0.15, 0.2) is 29.3 Å². The van der Waals surface area contributed by atoms with Crippen LogP contribution in [0.1, 0.15) is 6.42 Å². The lowest BCUT2D eigenvalue weighted by Crippen LogP contribution is -2.37. The fourth-order valence-electron chi connectivity index (χ4n) is 2.84. The summed E-state index contributed by atoms with van der Waals surface area (Å²) in [6, 6.07) is 5.08. The second-order valence-corrected chi connectivity index (χ2v) is 8.09. The van der Waals surface area contributed by atoms with Gasteiger partial charge in [0.05, 0.1) is 42.5 Å². The van der Waals surface area contributed by atoms with Crippen LogP contribution in [0.5, 0.6) is 5.75 Å². The molecule has 2 aromatic rings. The predicted molar refractivity (Wildman–Crippen MR) is 87.4 cm³/mol. The lowest BCUT2D eigenvalue weighted by atomic mass is 10.2. The Hall–Kier alpha value is -1.93. The van der Waals surface area contributed by atoms with E-state index in [1.54, 1.807) is 25.3 Å². The molecular formula is C15H19N3O4S. The molecule has 1 saturated heterocycles. The van der Waals surface area contributed by atoms with Crippen molar-refractivity contribution in [2.45, 2.75) is 19.1 Å². The number of aromatic nitrogens is 2. The second-order valence-electron chi connectivity index (χ2n) is 5.86. The summed E-state index contributed by atoms with van der Waals surface area (Å²) in [4.78, 5) is 18.7. The minimum Gasteiger partial charge on any atom is -0.497 e. The Morgan fingerprint density at radius 1 is 1.43 bits per heavy atom. The number of rotatable bonds is 4. The third kappa shape index (κ3) is 3.23. The lowest BCUT2D eigenvalue weighted by molar-refractivity contribution is 0.205. The Morgan fingerprint density at radius 2 is 2.22 bits per heavy atom. The van der Waals surface area contributed by atoms with Crippen LogP contribution in [-0.2, 0) is 16.5 Å². The third-order valence-electron chi connectivity index (χ3n) is 4.24. The van der Waals surface area contributed by atoms with E-state index in [2.05, 4.69) is 4.98 Å². The molecule has 23 heavy (non-hydrogen) atoms. The maximum atomic E-state index is 12.5. The van der Waals surface area contributed by atoms with Crippen molar-refractivity contribution in [1.82, 2.24) is 14.5 Å². The van der Waals surface area contributed by atoms with Crippen molar-refractivity contribution >= 4 is 20.7 Å². The fourth-order valence-corrected chi connectivity index (χ4v) is 4.65. The zero-order valence-corrected chi connectivity index (χ0v) is 13.9. The summed E-state index contributed by atoms with van der Waals surface area (Å²) in [7, 11) is 0.448. The van der Waals surface area contributed by atoms with Gasteiger partial charge in [0.25, 0.3) is 5.56 Å². The van der Waals surface area contributed by atoms with Gasteiger partial charge in [-0.05, 0) is 25.6 Å². The zero-order valence-electron chi connectivity index (χ0n) is 13.1. The third-order valence-corrected chi connectivity index (χ3v) is 5.99. The summed E-state index contributed by atoms with van der Waals surface area (Å²) in [5, 5.41) is 0.515. The van der Waals surface area contributed by atoms with Gasteiger partial charge in [0.1, 0.15) is 5.75 Å². The standard InChI is InChI=1S/C15H19N3O4S/c1-17(11-5-6-23(20,21)8-11)10-18-9-16-14-7-12(22-2)3-4-13(14)15(18)19/h3-4,7,9,11H,5-6,8,10H2,1-2H3. The van der Waals surface area contributed by atoms with Crippen molar-refractivity contribution in [3.63, 3.8) is 0 Å².